The van der Waals surface area contributed by atoms with Gasteiger partial charge >= 0.3 is 12.0 Å². The third-order valence-electron chi connectivity index (χ3n) is 3.23. The van der Waals surface area contributed by atoms with Crippen molar-refractivity contribution in [3.05, 3.63) is 29.8 Å². The maximum absolute atomic E-state index is 11.7. The van der Waals surface area contributed by atoms with Gasteiger partial charge in [0.1, 0.15) is 0 Å². The fourth-order valence-corrected chi connectivity index (χ4v) is 1.80. The molecule has 1 rings (SSSR count). The first-order valence-corrected chi connectivity index (χ1v) is 7.92. The van der Waals surface area contributed by atoms with Crippen LogP contribution < -0.4 is 16.0 Å². The van der Waals surface area contributed by atoms with Crippen molar-refractivity contribution >= 4 is 29.5 Å². The zero-order chi connectivity index (χ0) is 18.8. The average molecular weight is 349 g/mol. The molecule has 0 fully saturated rings. The maximum Gasteiger partial charge on any atom is 0.321 e. The van der Waals surface area contributed by atoms with Crippen molar-refractivity contribution in [1.82, 2.24) is 10.6 Å². The number of nitrogens with one attached hydrogen (secondary N) is 3. The number of carbonyl (C=O) groups is 4. The Kier molecular flexibility index (Phi) is 8.11. The predicted octanol–water partition coefficient (Wildman–Crippen LogP) is 1.35. The summed E-state index contributed by atoms with van der Waals surface area (Å²) in [5.74, 6) is -1.48. The number of imide groups is 1. The van der Waals surface area contributed by atoms with Crippen LogP contribution in [0.2, 0.25) is 0 Å². The van der Waals surface area contributed by atoms with E-state index in [1.54, 1.807) is 31.2 Å². The smallest absolute Gasteiger partial charge is 0.321 e. The molecule has 4 amide bonds. The van der Waals surface area contributed by atoms with E-state index >= 15 is 0 Å². The molecule has 0 spiro atoms. The van der Waals surface area contributed by atoms with E-state index in [4.69, 9.17) is 4.74 Å². The Morgan fingerprint density at radius 2 is 1.76 bits per heavy atom. The van der Waals surface area contributed by atoms with Gasteiger partial charge in [0.2, 0.25) is 5.91 Å². The lowest BCUT2D eigenvalue weighted by Crippen LogP contribution is -2.44. The fourth-order valence-electron chi connectivity index (χ4n) is 1.80. The van der Waals surface area contributed by atoms with Crippen LogP contribution in [0.3, 0.4) is 0 Å². The first kappa shape index (κ1) is 20.1. The van der Waals surface area contributed by atoms with E-state index < -0.39 is 24.5 Å². The summed E-state index contributed by atoms with van der Waals surface area (Å²) in [5, 5.41) is 7.26. The van der Waals surface area contributed by atoms with Crippen molar-refractivity contribution in [2.75, 3.05) is 11.9 Å². The highest BCUT2D eigenvalue weighted by Crippen LogP contribution is 2.10. The number of rotatable bonds is 7. The summed E-state index contributed by atoms with van der Waals surface area (Å²) in [5.41, 5.74) is 1.30. The number of anilines is 1. The molecule has 0 saturated carbocycles. The topological polar surface area (TPSA) is 114 Å². The molecule has 3 N–H and O–H groups in total. The van der Waals surface area contributed by atoms with Crippen molar-refractivity contribution in [2.45, 2.75) is 39.7 Å². The lowest BCUT2D eigenvalue weighted by atomic mass is 10.1. The van der Waals surface area contributed by atoms with E-state index in [0.717, 1.165) is 6.42 Å². The fraction of sp³-hybridized carbons (Fsp3) is 0.412. The number of urea groups is 1. The van der Waals surface area contributed by atoms with Gasteiger partial charge in [-0.15, -0.1) is 0 Å². The summed E-state index contributed by atoms with van der Waals surface area (Å²) in [7, 11) is 0. The second kappa shape index (κ2) is 10.1. The van der Waals surface area contributed by atoms with Crippen LogP contribution in [0.1, 0.15) is 32.8 Å². The Hall–Kier alpha value is -2.90. The van der Waals surface area contributed by atoms with Crippen LogP contribution in [0.5, 0.6) is 0 Å². The van der Waals surface area contributed by atoms with Crippen molar-refractivity contribution in [3.63, 3.8) is 0 Å². The number of esters is 1. The highest BCUT2D eigenvalue weighted by atomic mass is 16.5. The van der Waals surface area contributed by atoms with Crippen LogP contribution in [0, 0.1) is 0 Å². The largest absolute Gasteiger partial charge is 0.455 e. The standard InChI is InChI=1S/C17H23N3O5/c1-4-11(2)18-17(24)20-15(22)10-25-16(23)9-13-5-7-14(8-6-13)19-12(3)21/h5-8,11H,4,9-10H2,1-3H3,(H,19,21)(H2,18,20,22,24)/t11-/m0/s1. The summed E-state index contributed by atoms with van der Waals surface area (Å²) >= 11 is 0. The van der Waals surface area contributed by atoms with Crippen LogP contribution in [0.15, 0.2) is 24.3 Å². The lowest BCUT2D eigenvalue weighted by Gasteiger charge is -2.11. The molecule has 0 aliphatic carbocycles. The van der Waals surface area contributed by atoms with Gasteiger partial charge in [-0.1, -0.05) is 19.1 Å². The molecule has 1 aromatic rings. The Morgan fingerprint density at radius 3 is 2.32 bits per heavy atom. The summed E-state index contributed by atoms with van der Waals surface area (Å²) in [6.07, 6.45) is 0.712. The number of amides is 4. The van der Waals surface area contributed by atoms with E-state index in [2.05, 4.69) is 16.0 Å². The van der Waals surface area contributed by atoms with Gasteiger partial charge < -0.3 is 15.4 Å². The molecule has 0 heterocycles. The SMILES string of the molecule is CC[C@H](C)NC(=O)NC(=O)COC(=O)Cc1ccc(NC(C)=O)cc1. The molecule has 0 aliphatic heterocycles. The third-order valence-corrected chi connectivity index (χ3v) is 3.23. The van der Waals surface area contributed by atoms with Gasteiger partial charge in [-0.25, -0.2) is 4.79 Å². The molecule has 0 aromatic heterocycles. The zero-order valence-electron chi connectivity index (χ0n) is 14.5. The molecule has 0 aliphatic rings. The van der Waals surface area contributed by atoms with Crippen LogP contribution >= 0.6 is 0 Å². The van der Waals surface area contributed by atoms with Gasteiger partial charge in [-0.05, 0) is 31.0 Å². The molecule has 136 valence electrons. The molecule has 1 aromatic carbocycles. The molecule has 0 unspecified atom stereocenters. The maximum atomic E-state index is 11.7. The summed E-state index contributed by atoms with van der Waals surface area (Å²) in [6, 6.07) is 5.99. The predicted molar refractivity (Wildman–Crippen MR) is 91.8 cm³/mol. The molecule has 0 saturated heterocycles. The molecular weight excluding hydrogens is 326 g/mol. The lowest BCUT2D eigenvalue weighted by molar-refractivity contribution is -0.147. The molecule has 0 bridgehead atoms. The van der Waals surface area contributed by atoms with E-state index in [1.807, 2.05) is 6.92 Å². The van der Waals surface area contributed by atoms with Gasteiger partial charge in [0.05, 0.1) is 6.42 Å². The quantitative estimate of drug-likeness (QED) is 0.643. The summed E-state index contributed by atoms with van der Waals surface area (Å²) in [4.78, 5) is 45.6. The van der Waals surface area contributed by atoms with Gasteiger partial charge in [0.15, 0.2) is 6.61 Å². The van der Waals surface area contributed by atoms with Crippen molar-refractivity contribution in [2.24, 2.45) is 0 Å². The number of hydrogen-bond donors (Lipinski definition) is 3. The van der Waals surface area contributed by atoms with E-state index in [-0.39, 0.29) is 18.4 Å². The average Bonchev–Trinajstić information content (AvgIpc) is 2.54. The van der Waals surface area contributed by atoms with Crippen molar-refractivity contribution in [3.8, 4) is 0 Å². The minimum Gasteiger partial charge on any atom is -0.455 e. The highest BCUT2D eigenvalue weighted by Gasteiger charge is 2.12. The first-order chi connectivity index (χ1) is 11.8. The minimum absolute atomic E-state index is 0.0211. The Labute approximate surface area is 146 Å². The first-order valence-electron chi connectivity index (χ1n) is 7.92. The number of benzene rings is 1. The summed E-state index contributed by atoms with van der Waals surface area (Å²) in [6.45, 7) is 4.58. The van der Waals surface area contributed by atoms with Crippen LogP contribution in [-0.2, 0) is 25.5 Å². The number of ether oxygens (including phenoxy) is 1. The molecule has 1 atom stereocenters. The molecular formula is C17H23N3O5. The second-order valence-electron chi connectivity index (χ2n) is 5.55. The Bertz CT molecular complexity index is 628. The van der Waals surface area contributed by atoms with Gasteiger partial charge in [-0.2, -0.15) is 0 Å². The molecule has 8 heteroatoms. The van der Waals surface area contributed by atoms with Crippen molar-refractivity contribution in [1.29, 1.82) is 0 Å². The van der Waals surface area contributed by atoms with Gasteiger partial charge in [0.25, 0.3) is 5.91 Å². The zero-order valence-corrected chi connectivity index (χ0v) is 14.5. The van der Waals surface area contributed by atoms with Crippen LogP contribution in [0.4, 0.5) is 10.5 Å². The number of carbonyl (C=O) groups excluding carboxylic acids is 4. The Morgan fingerprint density at radius 1 is 1.12 bits per heavy atom. The third kappa shape index (κ3) is 8.50. The van der Waals surface area contributed by atoms with Crippen LogP contribution in [-0.4, -0.2) is 36.5 Å². The Balaban J connectivity index is 2.35. The highest BCUT2D eigenvalue weighted by molar-refractivity contribution is 5.95. The molecule has 25 heavy (non-hydrogen) atoms. The van der Waals surface area contributed by atoms with E-state index in [1.165, 1.54) is 6.92 Å². The van der Waals surface area contributed by atoms with Gasteiger partial charge in [0, 0.05) is 18.7 Å². The van der Waals surface area contributed by atoms with Gasteiger partial charge in [-0.3, -0.25) is 19.7 Å². The summed E-state index contributed by atoms with van der Waals surface area (Å²) < 4.78 is 4.83. The number of hydrogen-bond acceptors (Lipinski definition) is 5. The molecule has 8 nitrogen and oxygen atoms in total. The monoisotopic (exact) mass is 349 g/mol. The van der Waals surface area contributed by atoms with E-state index in [0.29, 0.717) is 11.3 Å². The second-order valence-corrected chi connectivity index (χ2v) is 5.55. The van der Waals surface area contributed by atoms with E-state index in [9.17, 15) is 19.2 Å². The van der Waals surface area contributed by atoms with Crippen LogP contribution in [0.25, 0.3) is 0 Å². The molecule has 0 radical (unpaired) electrons. The van der Waals surface area contributed by atoms with Crippen molar-refractivity contribution < 1.29 is 23.9 Å². The minimum atomic E-state index is -0.699. The normalized spacial score (nSPS) is 11.2.